The van der Waals surface area contributed by atoms with E-state index in [-0.39, 0.29) is 11.2 Å². The minimum Gasteiger partial charge on any atom is -0.214 e. The van der Waals surface area contributed by atoms with Gasteiger partial charge in [-0.05, 0) is 24.3 Å². The monoisotopic (exact) mass is 352 g/mol. The Bertz CT molecular complexity index is 851. The van der Waals surface area contributed by atoms with E-state index >= 15 is 0 Å². The quantitative estimate of drug-likeness (QED) is 0.627. The highest BCUT2D eigenvalue weighted by atomic mass is 35.5. The lowest BCUT2D eigenvalue weighted by Gasteiger charge is -2.19. The van der Waals surface area contributed by atoms with Gasteiger partial charge in [-0.15, -0.1) is 0 Å². The van der Waals surface area contributed by atoms with Gasteiger partial charge in [0.05, 0.1) is 5.69 Å². The van der Waals surface area contributed by atoms with Crippen LogP contribution in [0.4, 0.5) is 4.39 Å². The van der Waals surface area contributed by atoms with Gasteiger partial charge in [0.25, 0.3) is 0 Å². The van der Waals surface area contributed by atoms with Crippen molar-refractivity contribution < 1.29 is 4.39 Å². The van der Waals surface area contributed by atoms with Gasteiger partial charge in [-0.3, -0.25) is 0 Å². The van der Waals surface area contributed by atoms with Crippen LogP contribution in [0.25, 0.3) is 16.9 Å². The highest BCUT2D eigenvalue weighted by molar-refractivity contribution is 6.43. The second kappa shape index (κ2) is 5.73. The van der Waals surface area contributed by atoms with Crippen LogP contribution in [0.15, 0.2) is 30.3 Å². The summed E-state index contributed by atoms with van der Waals surface area (Å²) in [7, 11) is 0. The maximum atomic E-state index is 13.1. The predicted octanol–water partition coefficient (Wildman–Crippen LogP) is 4.70. The molecular formula is C16H15Cl2FN4. The number of benzene rings is 1. The van der Waals surface area contributed by atoms with Crippen LogP contribution in [-0.2, 0) is 5.41 Å². The Balaban J connectivity index is 2.23. The van der Waals surface area contributed by atoms with Gasteiger partial charge in [0.15, 0.2) is 16.3 Å². The highest BCUT2D eigenvalue weighted by Crippen LogP contribution is 2.28. The average Bonchev–Trinajstić information content (AvgIpc) is 2.89. The van der Waals surface area contributed by atoms with Crippen molar-refractivity contribution in [1.29, 1.82) is 0 Å². The minimum absolute atomic E-state index is 0.273. The minimum atomic E-state index is -0.815. The average molecular weight is 353 g/mol. The normalized spacial score (nSPS) is 12.3. The van der Waals surface area contributed by atoms with E-state index in [0.29, 0.717) is 23.0 Å². The molecule has 0 atom stereocenters. The lowest BCUT2D eigenvalue weighted by molar-refractivity contribution is 0.516. The summed E-state index contributed by atoms with van der Waals surface area (Å²) in [5.74, 6) is 0.760. The Morgan fingerprint density at radius 3 is 2.30 bits per heavy atom. The molecule has 0 aliphatic carbocycles. The molecular weight excluding hydrogens is 338 g/mol. The topological polar surface area (TPSA) is 43.1 Å². The lowest BCUT2D eigenvalue weighted by atomic mass is 9.96. The summed E-state index contributed by atoms with van der Waals surface area (Å²) in [4.78, 5) is 8.01. The van der Waals surface area contributed by atoms with Crippen molar-refractivity contribution in [3.63, 3.8) is 0 Å². The van der Waals surface area contributed by atoms with Crippen LogP contribution in [-0.4, -0.2) is 19.6 Å². The number of alkyl halides is 2. The molecule has 0 amide bonds. The maximum absolute atomic E-state index is 13.1. The molecule has 0 saturated carbocycles. The zero-order chi connectivity index (χ0) is 16.8. The van der Waals surface area contributed by atoms with E-state index in [9.17, 15) is 4.39 Å². The first-order valence-electron chi connectivity index (χ1n) is 7.08. The van der Waals surface area contributed by atoms with Crippen molar-refractivity contribution in [1.82, 2.24) is 19.6 Å². The second-order valence-electron chi connectivity index (χ2n) is 6.26. The van der Waals surface area contributed by atoms with Gasteiger partial charge >= 0.3 is 0 Å². The standard InChI is InChI=1S/C16H15Cl2FN4/c1-16(2,3)15-21-14(13(17)18)20-12-8-11(22-23(12)15)9-4-6-10(19)7-5-9/h4-8,13H,1-3H3. The molecule has 0 bridgehead atoms. The third-order valence-electron chi connectivity index (χ3n) is 3.35. The first-order chi connectivity index (χ1) is 10.8. The molecule has 0 spiro atoms. The summed E-state index contributed by atoms with van der Waals surface area (Å²) in [5.41, 5.74) is 1.81. The van der Waals surface area contributed by atoms with Gasteiger partial charge < -0.3 is 0 Å². The number of fused-ring (bicyclic) bond motifs is 1. The Morgan fingerprint density at radius 1 is 1.09 bits per heavy atom. The lowest BCUT2D eigenvalue weighted by Crippen LogP contribution is -2.21. The first-order valence-corrected chi connectivity index (χ1v) is 7.95. The molecule has 0 aliphatic heterocycles. The van der Waals surface area contributed by atoms with E-state index in [1.807, 2.05) is 26.8 Å². The molecule has 0 unspecified atom stereocenters. The third kappa shape index (κ3) is 3.16. The van der Waals surface area contributed by atoms with Crippen LogP contribution >= 0.6 is 23.2 Å². The van der Waals surface area contributed by atoms with Gasteiger partial charge in [0.1, 0.15) is 11.6 Å². The Kier molecular flexibility index (Phi) is 4.02. The molecule has 2 aromatic heterocycles. The van der Waals surface area contributed by atoms with Crippen molar-refractivity contribution in [2.75, 3.05) is 0 Å². The summed E-state index contributed by atoms with van der Waals surface area (Å²) in [6.45, 7) is 6.07. The number of aromatic nitrogens is 4. The fraction of sp³-hybridized carbons (Fsp3) is 0.312. The molecule has 120 valence electrons. The van der Waals surface area contributed by atoms with E-state index in [1.54, 1.807) is 16.6 Å². The summed E-state index contributed by atoms with van der Waals surface area (Å²) in [5, 5.41) is 4.56. The highest BCUT2D eigenvalue weighted by Gasteiger charge is 2.24. The predicted molar refractivity (Wildman–Crippen MR) is 89.3 cm³/mol. The zero-order valence-corrected chi connectivity index (χ0v) is 14.4. The molecule has 7 heteroatoms. The van der Waals surface area contributed by atoms with Crippen LogP contribution in [0, 0.1) is 5.82 Å². The van der Waals surface area contributed by atoms with E-state index < -0.39 is 4.84 Å². The molecule has 0 radical (unpaired) electrons. The van der Waals surface area contributed by atoms with E-state index in [4.69, 9.17) is 23.2 Å². The summed E-state index contributed by atoms with van der Waals surface area (Å²) in [6.07, 6.45) is 0. The van der Waals surface area contributed by atoms with Crippen molar-refractivity contribution in [3.8, 4) is 11.3 Å². The number of halogens is 3. The van der Waals surface area contributed by atoms with Crippen molar-refractivity contribution in [2.45, 2.75) is 31.0 Å². The molecule has 0 N–H and O–H groups in total. The van der Waals surface area contributed by atoms with Gasteiger partial charge in [-0.25, -0.2) is 14.4 Å². The Labute approximate surface area is 143 Å². The number of nitrogens with zero attached hydrogens (tertiary/aromatic N) is 4. The zero-order valence-electron chi connectivity index (χ0n) is 12.9. The molecule has 23 heavy (non-hydrogen) atoms. The maximum Gasteiger partial charge on any atom is 0.167 e. The van der Waals surface area contributed by atoms with E-state index in [1.165, 1.54) is 12.1 Å². The Hall–Kier alpha value is -1.72. The van der Waals surface area contributed by atoms with Crippen LogP contribution in [0.3, 0.4) is 0 Å². The summed E-state index contributed by atoms with van der Waals surface area (Å²) >= 11 is 11.9. The first kappa shape index (κ1) is 16.1. The fourth-order valence-corrected chi connectivity index (χ4v) is 2.44. The van der Waals surface area contributed by atoms with Crippen molar-refractivity contribution in [2.24, 2.45) is 0 Å². The van der Waals surface area contributed by atoms with Gasteiger partial charge in [0.2, 0.25) is 0 Å². The summed E-state index contributed by atoms with van der Waals surface area (Å²) < 4.78 is 14.8. The molecule has 3 aromatic rings. The third-order valence-corrected chi connectivity index (χ3v) is 3.74. The SMILES string of the molecule is CC(C)(C)c1nc(C(Cl)Cl)nc2cc(-c3ccc(F)cc3)nn12. The van der Waals surface area contributed by atoms with Crippen LogP contribution < -0.4 is 0 Å². The van der Waals surface area contributed by atoms with Gasteiger partial charge in [-0.1, -0.05) is 44.0 Å². The van der Waals surface area contributed by atoms with Crippen molar-refractivity contribution in [3.05, 3.63) is 47.8 Å². The van der Waals surface area contributed by atoms with Crippen LogP contribution in [0.1, 0.15) is 37.3 Å². The number of rotatable bonds is 2. The largest absolute Gasteiger partial charge is 0.214 e. The van der Waals surface area contributed by atoms with Gasteiger partial charge in [0, 0.05) is 17.0 Å². The molecule has 4 nitrogen and oxygen atoms in total. The van der Waals surface area contributed by atoms with Gasteiger partial charge in [-0.2, -0.15) is 9.61 Å². The molecule has 0 saturated heterocycles. The number of hydrogen-bond donors (Lipinski definition) is 0. The van der Waals surface area contributed by atoms with E-state index in [0.717, 1.165) is 5.56 Å². The molecule has 2 heterocycles. The van der Waals surface area contributed by atoms with Crippen molar-refractivity contribution >= 4 is 28.8 Å². The molecule has 3 rings (SSSR count). The molecule has 1 aromatic carbocycles. The Morgan fingerprint density at radius 2 is 1.74 bits per heavy atom. The number of hydrogen-bond acceptors (Lipinski definition) is 3. The smallest absolute Gasteiger partial charge is 0.167 e. The second-order valence-corrected chi connectivity index (χ2v) is 7.36. The molecule has 0 fully saturated rings. The van der Waals surface area contributed by atoms with E-state index in [2.05, 4.69) is 15.1 Å². The van der Waals surface area contributed by atoms with Crippen LogP contribution in [0.2, 0.25) is 0 Å². The fourth-order valence-electron chi connectivity index (χ4n) is 2.25. The summed E-state index contributed by atoms with van der Waals surface area (Å²) in [6, 6.07) is 7.95. The van der Waals surface area contributed by atoms with Crippen LogP contribution in [0.5, 0.6) is 0 Å². The molecule has 0 aliphatic rings.